The third-order valence-electron chi connectivity index (χ3n) is 4.12. The fraction of sp³-hybridized carbons (Fsp3) is 0.529. The molecule has 116 valence electrons. The molecule has 0 N–H and O–H groups in total. The molecule has 22 heavy (non-hydrogen) atoms. The van der Waals surface area contributed by atoms with E-state index in [1.807, 2.05) is 45.0 Å². The van der Waals surface area contributed by atoms with Crippen molar-refractivity contribution in [1.82, 2.24) is 4.90 Å². The lowest BCUT2D eigenvalue weighted by atomic mass is 9.72. The zero-order chi connectivity index (χ0) is 16.0. The molecule has 3 rings (SSSR count). The first-order chi connectivity index (χ1) is 10.3. The molecule has 2 fully saturated rings. The van der Waals surface area contributed by atoms with E-state index in [1.54, 1.807) is 4.90 Å². The zero-order valence-corrected chi connectivity index (χ0v) is 13.3. The summed E-state index contributed by atoms with van der Waals surface area (Å²) in [4.78, 5) is 15.9. The molecular formula is C17H21N3O2. The van der Waals surface area contributed by atoms with Crippen molar-refractivity contribution in [2.75, 3.05) is 31.1 Å². The zero-order valence-electron chi connectivity index (χ0n) is 13.3. The van der Waals surface area contributed by atoms with E-state index in [0.717, 1.165) is 31.9 Å². The van der Waals surface area contributed by atoms with E-state index in [1.165, 1.54) is 0 Å². The topological polar surface area (TPSA) is 56.6 Å². The third-order valence-corrected chi connectivity index (χ3v) is 4.12. The minimum Gasteiger partial charge on any atom is -0.444 e. The van der Waals surface area contributed by atoms with Gasteiger partial charge in [0.2, 0.25) is 0 Å². The van der Waals surface area contributed by atoms with Crippen LogP contribution in [0.3, 0.4) is 0 Å². The number of para-hydroxylation sites is 1. The molecule has 5 nitrogen and oxygen atoms in total. The van der Waals surface area contributed by atoms with Crippen molar-refractivity contribution < 1.29 is 9.53 Å². The Bertz CT molecular complexity index is 628. The average molecular weight is 299 g/mol. The first kappa shape index (κ1) is 14.7. The minimum absolute atomic E-state index is 0.180. The van der Waals surface area contributed by atoms with E-state index in [-0.39, 0.29) is 11.5 Å². The van der Waals surface area contributed by atoms with E-state index in [9.17, 15) is 4.79 Å². The van der Waals surface area contributed by atoms with Crippen LogP contribution in [0, 0.1) is 16.7 Å². The Morgan fingerprint density at radius 2 is 1.86 bits per heavy atom. The summed E-state index contributed by atoms with van der Waals surface area (Å²) in [5.41, 5.74) is 1.43. The maximum Gasteiger partial charge on any atom is 0.410 e. The van der Waals surface area contributed by atoms with Gasteiger partial charge < -0.3 is 14.5 Å². The summed E-state index contributed by atoms with van der Waals surface area (Å²) in [6, 6.07) is 9.89. The number of likely N-dealkylation sites (tertiary alicyclic amines) is 1. The summed E-state index contributed by atoms with van der Waals surface area (Å²) in [5.74, 6) is 0. The molecule has 1 amide bonds. The van der Waals surface area contributed by atoms with Gasteiger partial charge in [-0.2, -0.15) is 5.26 Å². The van der Waals surface area contributed by atoms with Gasteiger partial charge in [0.1, 0.15) is 11.7 Å². The quantitative estimate of drug-likeness (QED) is 0.800. The van der Waals surface area contributed by atoms with Gasteiger partial charge in [0.05, 0.1) is 11.3 Å². The number of ether oxygens (including phenoxy) is 1. The van der Waals surface area contributed by atoms with Crippen molar-refractivity contribution >= 4 is 11.8 Å². The maximum absolute atomic E-state index is 12.0. The van der Waals surface area contributed by atoms with Crippen LogP contribution in [-0.4, -0.2) is 42.8 Å². The second-order valence-electron chi connectivity index (χ2n) is 7.32. The number of carbonyl (C=O) groups excluding carboxylic acids is 1. The second kappa shape index (κ2) is 4.91. The predicted octanol–water partition coefficient (Wildman–Crippen LogP) is 2.62. The minimum atomic E-state index is -0.447. The van der Waals surface area contributed by atoms with Gasteiger partial charge in [0.15, 0.2) is 0 Å². The number of nitrogens with zero attached hydrogens (tertiary/aromatic N) is 3. The highest BCUT2D eigenvalue weighted by Gasteiger charge is 2.54. The van der Waals surface area contributed by atoms with Crippen molar-refractivity contribution in [2.45, 2.75) is 26.4 Å². The van der Waals surface area contributed by atoms with Gasteiger partial charge >= 0.3 is 6.09 Å². The van der Waals surface area contributed by atoms with Gasteiger partial charge in [-0.1, -0.05) is 12.1 Å². The van der Waals surface area contributed by atoms with Gasteiger partial charge in [-0.25, -0.2) is 4.79 Å². The highest BCUT2D eigenvalue weighted by molar-refractivity contribution is 5.70. The molecule has 0 aromatic heterocycles. The lowest BCUT2D eigenvalue weighted by Gasteiger charge is -2.60. The van der Waals surface area contributed by atoms with Crippen LogP contribution in [-0.2, 0) is 4.74 Å². The molecule has 2 aliphatic rings. The van der Waals surface area contributed by atoms with E-state index in [0.29, 0.717) is 5.56 Å². The third kappa shape index (κ3) is 2.61. The summed E-state index contributed by atoms with van der Waals surface area (Å²) in [7, 11) is 0. The summed E-state index contributed by atoms with van der Waals surface area (Å²) >= 11 is 0. The fourth-order valence-electron chi connectivity index (χ4n) is 3.20. The molecule has 1 aromatic rings. The van der Waals surface area contributed by atoms with E-state index in [2.05, 4.69) is 11.0 Å². The van der Waals surface area contributed by atoms with Crippen LogP contribution in [0.2, 0.25) is 0 Å². The normalized spacial score (nSPS) is 19.2. The summed E-state index contributed by atoms with van der Waals surface area (Å²) in [6.45, 7) is 8.91. The molecule has 0 unspecified atom stereocenters. The molecular weight excluding hydrogens is 278 g/mol. The summed E-state index contributed by atoms with van der Waals surface area (Å²) in [6.07, 6.45) is -0.228. The van der Waals surface area contributed by atoms with E-state index >= 15 is 0 Å². The molecule has 0 atom stereocenters. The first-order valence-electron chi connectivity index (χ1n) is 7.54. The lowest BCUT2D eigenvalue weighted by Crippen LogP contribution is -2.73. The Balaban J connectivity index is 1.55. The molecule has 0 aliphatic carbocycles. The van der Waals surface area contributed by atoms with Gasteiger partial charge in [0.25, 0.3) is 0 Å². The van der Waals surface area contributed by atoms with Crippen LogP contribution in [0.15, 0.2) is 24.3 Å². The maximum atomic E-state index is 12.0. The number of anilines is 1. The summed E-state index contributed by atoms with van der Waals surface area (Å²) < 4.78 is 5.38. The molecule has 0 radical (unpaired) electrons. The Kier molecular flexibility index (Phi) is 3.28. The highest BCUT2D eigenvalue weighted by Crippen LogP contribution is 2.43. The number of hydrogen-bond donors (Lipinski definition) is 0. The van der Waals surface area contributed by atoms with Crippen molar-refractivity contribution in [2.24, 2.45) is 5.41 Å². The first-order valence-corrected chi connectivity index (χ1v) is 7.54. The number of hydrogen-bond acceptors (Lipinski definition) is 4. The largest absolute Gasteiger partial charge is 0.444 e. The van der Waals surface area contributed by atoms with Crippen LogP contribution >= 0.6 is 0 Å². The molecule has 2 saturated heterocycles. The van der Waals surface area contributed by atoms with Crippen LogP contribution in [0.5, 0.6) is 0 Å². The fourth-order valence-corrected chi connectivity index (χ4v) is 3.20. The number of nitriles is 1. The number of amides is 1. The van der Waals surface area contributed by atoms with Gasteiger partial charge in [-0.15, -0.1) is 0 Å². The van der Waals surface area contributed by atoms with Crippen molar-refractivity contribution in [3.63, 3.8) is 0 Å². The molecule has 5 heteroatoms. The monoisotopic (exact) mass is 299 g/mol. The molecule has 1 aromatic carbocycles. The second-order valence-corrected chi connectivity index (χ2v) is 7.32. The smallest absolute Gasteiger partial charge is 0.410 e. The lowest BCUT2D eigenvalue weighted by molar-refractivity contribution is -0.0453. The standard InChI is InChI=1S/C17H21N3O2/c1-16(2,3)22-15(21)20-11-17(12-20)9-19(10-17)14-7-5-4-6-13(14)8-18/h4-7H,9-12H2,1-3H3. The average Bonchev–Trinajstić information content (AvgIpc) is 2.33. The molecule has 0 saturated carbocycles. The predicted molar refractivity (Wildman–Crippen MR) is 83.6 cm³/mol. The van der Waals surface area contributed by atoms with Gasteiger partial charge in [0, 0.05) is 31.6 Å². The Hall–Kier alpha value is -2.22. The van der Waals surface area contributed by atoms with Crippen LogP contribution in [0.25, 0.3) is 0 Å². The molecule has 0 bridgehead atoms. The molecule has 2 heterocycles. The highest BCUT2D eigenvalue weighted by atomic mass is 16.6. The summed E-state index contributed by atoms with van der Waals surface area (Å²) in [5, 5.41) is 9.17. The van der Waals surface area contributed by atoms with Crippen LogP contribution < -0.4 is 4.90 Å². The Morgan fingerprint density at radius 3 is 2.45 bits per heavy atom. The Morgan fingerprint density at radius 1 is 1.23 bits per heavy atom. The number of rotatable bonds is 1. The molecule has 2 aliphatic heterocycles. The van der Waals surface area contributed by atoms with Crippen molar-refractivity contribution in [3.05, 3.63) is 29.8 Å². The van der Waals surface area contributed by atoms with E-state index < -0.39 is 5.60 Å². The van der Waals surface area contributed by atoms with E-state index in [4.69, 9.17) is 10.00 Å². The van der Waals surface area contributed by atoms with Crippen molar-refractivity contribution in [3.8, 4) is 6.07 Å². The number of carbonyl (C=O) groups is 1. The van der Waals surface area contributed by atoms with Crippen LogP contribution in [0.1, 0.15) is 26.3 Å². The number of benzene rings is 1. The van der Waals surface area contributed by atoms with Crippen LogP contribution in [0.4, 0.5) is 10.5 Å². The van der Waals surface area contributed by atoms with Gasteiger partial charge in [-0.3, -0.25) is 0 Å². The molecule has 1 spiro atoms. The van der Waals surface area contributed by atoms with Gasteiger partial charge in [-0.05, 0) is 32.9 Å². The SMILES string of the molecule is CC(C)(C)OC(=O)N1CC2(C1)CN(c1ccccc1C#N)C2. The Labute approximate surface area is 131 Å². The van der Waals surface area contributed by atoms with Crippen molar-refractivity contribution in [1.29, 1.82) is 5.26 Å².